The SMILES string of the molecule is COc1ccc(-c2nnc(SCC(=O)c3ccc(C#N)cc3)n2-c2ccccc2C(C)C)cc1. The van der Waals surface area contributed by atoms with Crippen molar-refractivity contribution in [3.8, 4) is 28.9 Å². The Bertz CT molecular complexity index is 1340. The van der Waals surface area contributed by atoms with E-state index in [9.17, 15) is 4.79 Å². The van der Waals surface area contributed by atoms with Gasteiger partial charge in [-0.25, -0.2) is 0 Å². The van der Waals surface area contributed by atoms with Gasteiger partial charge < -0.3 is 4.74 Å². The summed E-state index contributed by atoms with van der Waals surface area (Å²) in [5, 5.41) is 18.6. The fourth-order valence-electron chi connectivity index (χ4n) is 3.63. The molecule has 0 spiro atoms. The number of aromatic nitrogens is 3. The van der Waals surface area contributed by atoms with Gasteiger partial charge in [0.1, 0.15) is 5.75 Å². The molecule has 4 aromatic rings. The number of ether oxygens (including phenoxy) is 1. The number of benzene rings is 3. The average molecular weight is 469 g/mol. The summed E-state index contributed by atoms with van der Waals surface area (Å²) >= 11 is 1.35. The minimum absolute atomic E-state index is 0.0350. The van der Waals surface area contributed by atoms with Gasteiger partial charge in [-0.2, -0.15) is 5.26 Å². The number of carbonyl (C=O) groups excluding carboxylic acids is 1. The second kappa shape index (κ2) is 10.4. The molecule has 0 fully saturated rings. The largest absolute Gasteiger partial charge is 0.497 e. The second-order valence-electron chi connectivity index (χ2n) is 7.98. The highest BCUT2D eigenvalue weighted by atomic mass is 32.2. The fourth-order valence-corrected chi connectivity index (χ4v) is 4.47. The number of thioether (sulfide) groups is 1. The van der Waals surface area contributed by atoms with Gasteiger partial charge in [-0.3, -0.25) is 9.36 Å². The first-order valence-electron chi connectivity index (χ1n) is 10.9. The first-order valence-corrected chi connectivity index (χ1v) is 11.9. The van der Waals surface area contributed by atoms with Crippen LogP contribution in [0.3, 0.4) is 0 Å². The van der Waals surface area contributed by atoms with Crippen molar-refractivity contribution in [2.24, 2.45) is 0 Å². The standard InChI is InChI=1S/C27H24N4O2S/c1-18(2)23-6-4-5-7-24(23)31-26(21-12-14-22(33-3)15-13-21)29-30-27(31)34-17-25(32)20-10-8-19(16-28)9-11-20/h4-15,18H,17H2,1-3H3. The Morgan fingerprint density at radius 1 is 1.03 bits per heavy atom. The molecule has 1 heterocycles. The molecular formula is C27H24N4O2S. The summed E-state index contributed by atoms with van der Waals surface area (Å²) in [5.74, 6) is 1.92. The van der Waals surface area contributed by atoms with Crippen molar-refractivity contribution in [3.63, 3.8) is 0 Å². The molecule has 0 atom stereocenters. The van der Waals surface area contributed by atoms with Crippen LogP contribution in [-0.2, 0) is 0 Å². The fraction of sp³-hybridized carbons (Fsp3) is 0.185. The topological polar surface area (TPSA) is 80.8 Å². The highest BCUT2D eigenvalue weighted by molar-refractivity contribution is 7.99. The smallest absolute Gasteiger partial charge is 0.196 e. The van der Waals surface area contributed by atoms with E-state index < -0.39 is 0 Å². The molecule has 0 saturated heterocycles. The first kappa shape index (κ1) is 23.3. The van der Waals surface area contributed by atoms with Gasteiger partial charge >= 0.3 is 0 Å². The van der Waals surface area contributed by atoms with E-state index in [-0.39, 0.29) is 11.5 Å². The van der Waals surface area contributed by atoms with Crippen molar-refractivity contribution in [1.82, 2.24) is 14.8 Å². The lowest BCUT2D eigenvalue weighted by atomic mass is 10.0. The van der Waals surface area contributed by atoms with Gasteiger partial charge in [0.2, 0.25) is 0 Å². The molecule has 0 amide bonds. The van der Waals surface area contributed by atoms with Crippen LogP contribution < -0.4 is 4.74 Å². The summed E-state index contributed by atoms with van der Waals surface area (Å²) in [6, 6.07) is 24.6. The van der Waals surface area contributed by atoms with Crippen LogP contribution in [-0.4, -0.2) is 33.4 Å². The molecular weight excluding hydrogens is 444 g/mol. The molecule has 0 aliphatic heterocycles. The molecule has 0 radical (unpaired) electrons. The summed E-state index contributed by atoms with van der Waals surface area (Å²) < 4.78 is 7.32. The van der Waals surface area contributed by atoms with Gasteiger partial charge in [0.05, 0.1) is 30.2 Å². The highest BCUT2D eigenvalue weighted by Gasteiger charge is 2.20. The molecule has 170 valence electrons. The zero-order chi connectivity index (χ0) is 24.1. The van der Waals surface area contributed by atoms with Gasteiger partial charge in [-0.1, -0.05) is 55.9 Å². The van der Waals surface area contributed by atoms with Crippen molar-refractivity contribution in [1.29, 1.82) is 5.26 Å². The van der Waals surface area contributed by atoms with Crippen LogP contribution in [0, 0.1) is 11.3 Å². The van der Waals surface area contributed by atoms with E-state index in [1.807, 2.05) is 41.0 Å². The molecule has 0 bridgehead atoms. The number of para-hydroxylation sites is 1. The minimum atomic E-state index is -0.0350. The number of ketones is 1. The normalized spacial score (nSPS) is 10.8. The number of nitriles is 1. The zero-order valence-electron chi connectivity index (χ0n) is 19.2. The third kappa shape index (κ3) is 4.87. The van der Waals surface area contributed by atoms with Crippen LogP contribution in [0.1, 0.15) is 41.3 Å². The van der Waals surface area contributed by atoms with E-state index in [4.69, 9.17) is 10.00 Å². The maximum atomic E-state index is 12.8. The molecule has 0 N–H and O–H groups in total. The Labute approximate surface area is 203 Å². The van der Waals surface area contributed by atoms with Crippen LogP contribution in [0.5, 0.6) is 5.75 Å². The van der Waals surface area contributed by atoms with Gasteiger partial charge in [-0.05, 0) is 53.9 Å². The minimum Gasteiger partial charge on any atom is -0.497 e. The van der Waals surface area contributed by atoms with E-state index in [1.165, 1.54) is 11.8 Å². The van der Waals surface area contributed by atoms with Gasteiger partial charge in [0, 0.05) is 11.1 Å². The third-order valence-electron chi connectivity index (χ3n) is 5.45. The Kier molecular flexibility index (Phi) is 7.09. The summed E-state index contributed by atoms with van der Waals surface area (Å²) in [5.41, 5.74) is 4.14. The molecule has 3 aromatic carbocycles. The van der Waals surface area contributed by atoms with Crippen molar-refractivity contribution < 1.29 is 9.53 Å². The van der Waals surface area contributed by atoms with Gasteiger partial charge in [0.15, 0.2) is 16.8 Å². The van der Waals surface area contributed by atoms with Crippen molar-refractivity contribution in [2.75, 3.05) is 12.9 Å². The lowest BCUT2D eigenvalue weighted by molar-refractivity contribution is 0.102. The monoisotopic (exact) mass is 468 g/mol. The predicted molar refractivity (Wildman–Crippen MR) is 134 cm³/mol. The predicted octanol–water partition coefficient (Wildman–Crippen LogP) is 5.91. The third-order valence-corrected chi connectivity index (χ3v) is 6.38. The van der Waals surface area contributed by atoms with Crippen LogP contribution >= 0.6 is 11.8 Å². The number of methoxy groups -OCH3 is 1. The van der Waals surface area contributed by atoms with Crippen LogP contribution in [0.4, 0.5) is 0 Å². The number of hydrogen-bond acceptors (Lipinski definition) is 6. The zero-order valence-corrected chi connectivity index (χ0v) is 20.0. The van der Waals surface area contributed by atoms with E-state index in [1.54, 1.807) is 31.4 Å². The maximum absolute atomic E-state index is 12.8. The molecule has 1 aromatic heterocycles. The molecule has 0 aliphatic rings. The van der Waals surface area contributed by atoms with Crippen LogP contribution in [0.2, 0.25) is 0 Å². The van der Waals surface area contributed by atoms with Crippen molar-refractivity contribution in [2.45, 2.75) is 24.9 Å². The number of nitrogens with zero attached hydrogens (tertiary/aromatic N) is 4. The quantitative estimate of drug-likeness (QED) is 0.236. The molecule has 7 heteroatoms. The Balaban J connectivity index is 1.72. The Morgan fingerprint density at radius 2 is 1.74 bits per heavy atom. The average Bonchev–Trinajstić information content (AvgIpc) is 3.31. The second-order valence-corrected chi connectivity index (χ2v) is 8.93. The summed E-state index contributed by atoms with van der Waals surface area (Å²) in [4.78, 5) is 12.8. The molecule has 0 unspecified atom stereocenters. The number of Topliss-reactive ketones (excluding diaryl/α,β-unsaturated/α-hetero) is 1. The molecule has 0 aliphatic carbocycles. The molecule has 6 nitrogen and oxygen atoms in total. The van der Waals surface area contributed by atoms with Crippen molar-refractivity contribution in [3.05, 3.63) is 89.5 Å². The number of rotatable bonds is 8. The summed E-state index contributed by atoms with van der Waals surface area (Å²) in [6.07, 6.45) is 0. The number of hydrogen-bond donors (Lipinski definition) is 0. The van der Waals surface area contributed by atoms with E-state index in [0.29, 0.717) is 28.0 Å². The highest BCUT2D eigenvalue weighted by Crippen LogP contribution is 2.33. The number of carbonyl (C=O) groups is 1. The summed E-state index contributed by atoms with van der Waals surface area (Å²) in [6.45, 7) is 4.30. The van der Waals surface area contributed by atoms with E-state index >= 15 is 0 Å². The molecule has 0 saturated carbocycles. The van der Waals surface area contributed by atoms with Crippen LogP contribution in [0.15, 0.2) is 78.0 Å². The molecule has 34 heavy (non-hydrogen) atoms. The first-order chi connectivity index (χ1) is 16.5. The lowest BCUT2D eigenvalue weighted by Crippen LogP contribution is -2.07. The Morgan fingerprint density at radius 3 is 2.38 bits per heavy atom. The lowest BCUT2D eigenvalue weighted by Gasteiger charge is -2.17. The van der Waals surface area contributed by atoms with Crippen LogP contribution in [0.25, 0.3) is 17.1 Å². The maximum Gasteiger partial charge on any atom is 0.196 e. The van der Waals surface area contributed by atoms with Crippen molar-refractivity contribution >= 4 is 17.5 Å². The Hall–Kier alpha value is -3.89. The molecule has 4 rings (SSSR count). The summed E-state index contributed by atoms with van der Waals surface area (Å²) in [7, 11) is 1.63. The van der Waals surface area contributed by atoms with Gasteiger partial charge in [0.25, 0.3) is 0 Å². The van der Waals surface area contributed by atoms with Gasteiger partial charge in [-0.15, -0.1) is 10.2 Å². The van der Waals surface area contributed by atoms with E-state index in [0.717, 1.165) is 22.6 Å². The van der Waals surface area contributed by atoms with E-state index in [2.05, 4.69) is 42.2 Å².